The minimum Gasteiger partial charge on any atom is -0.439 e. The van der Waals surface area contributed by atoms with E-state index in [0.29, 0.717) is 24.1 Å². The van der Waals surface area contributed by atoms with Gasteiger partial charge in [0.1, 0.15) is 11.6 Å². The van der Waals surface area contributed by atoms with E-state index in [0.717, 1.165) is 5.56 Å². The fourth-order valence-corrected chi connectivity index (χ4v) is 2.23. The second kappa shape index (κ2) is 11.5. The van der Waals surface area contributed by atoms with E-state index >= 15 is 0 Å². The standard InChI is InChI=1S/C20H26FN5O2.HI/c1-20(2,3)26-17(27)13-25-19(22-4)24-12-14-5-10-18(23-11-14)28-16-8-6-15(21)7-9-16;/h5-11H,12-13H2,1-4H3,(H,26,27)(H2,22,24,25);1H. The fraction of sp³-hybridized carbons (Fsp3) is 0.350. The Morgan fingerprint density at radius 2 is 1.83 bits per heavy atom. The zero-order chi connectivity index (χ0) is 20.6. The molecule has 2 rings (SSSR count). The fourth-order valence-electron chi connectivity index (χ4n) is 2.23. The number of ether oxygens (including phenoxy) is 1. The van der Waals surface area contributed by atoms with Gasteiger partial charge >= 0.3 is 0 Å². The van der Waals surface area contributed by atoms with Gasteiger partial charge in [0, 0.05) is 31.4 Å². The third kappa shape index (κ3) is 9.55. The van der Waals surface area contributed by atoms with E-state index in [2.05, 4.69) is 25.9 Å². The maximum atomic E-state index is 12.9. The number of rotatable bonds is 6. The van der Waals surface area contributed by atoms with Crippen LogP contribution in [-0.2, 0) is 11.3 Å². The Morgan fingerprint density at radius 3 is 2.38 bits per heavy atom. The summed E-state index contributed by atoms with van der Waals surface area (Å²) in [6.07, 6.45) is 1.67. The van der Waals surface area contributed by atoms with Crippen LogP contribution in [0.25, 0.3) is 0 Å². The van der Waals surface area contributed by atoms with Gasteiger partial charge in [0.15, 0.2) is 5.96 Å². The van der Waals surface area contributed by atoms with Crippen molar-refractivity contribution in [3.05, 3.63) is 54.0 Å². The summed E-state index contributed by atoms with van der Waals surface area (Å²) in [6, 6.07) is 9.32. The molecule has 0 bridgehead atoms. The zero-order valence-electron chi connectivity index (χ0n) is 17.0. The van der Waals surface area contributed by atoms with E-state index in [9.17, 15) is 9.18 Å². The molecule has 9 heteroatoms. The number of halogens is 2. The molecule has 0 aliphatic carbocycles. The molecule has 7 nitrogen and oxygen atoms in total. The number of carbonyl (C=O) groups is 1. The number of carbonyl (C=O) groups excluding carboxylic acids is 1. The minimum absolute atomic E-state index is 0. The van der Waals surface area contributed by atoms with Crippen LogP contribution in [0.3, 0.4) is 0 Å². The number of pyridine rings is 1. The zero-order valence-corrected chi connectivity index (χ0v) is 19.3. The lowest BCUT2D eigenvalue weighted by Gasteiger charge is -2.21. The summed E-state index contributed by atoms with van der Waals surface area (Å²) >= 11 is 0. The van der Waals surface area contributed by atoms with E-state index in [1.165, 1.54) is 24.3 Å². The maximum Gasteiger partial charge on any atom is 0.239 e. The van der Waals surface area contributed by atoms with Gasteiger partial charge in [-0.25, -0.2) is 9.37 Å². The van der Waals surface area contributed by atoms with Crippen molar-refractivity contribution >= 4 is 35.8 Å². The third-order valence-electron chi connectivity index (χ3n) is 3.45. The van der Waals surface area contributed by atoms with Gasteiger partial charge in [-0.2, -0.15) is 0 Å². The number of aromatic nitrogens is 1. The summed E-state index contributed by atoms with van der Waals surface area (Å²) in [5, 5.41) is 8.95. The average Bonchev–Trinajstić information content (AvgIpc) is 2.63. The molecule has 3 N–H and O–H groups in total. The predicted molar refractivity (Wildman–Crippen MR) is 122 cm³/mol. The lowest BCUT2D eigenvalue weighted by atomic mass is 10.1. The van der Waals surface area contributed by atoms with Gasteiger partial charge in [-0.1, -0.05) is 6.07 Å². The number of aliphatic imine (C=N–C) groups is 1. The second-order valence-electron chi connectivity index (χ2n) is 7.14. The molecule has 1 heterocycles. The Balaban J connectivity index is 0.00000420. The molecule has 0 saturated heterocycles. The first-order valence-electron chi connectivity index (χ1n) is 8.89. The van der Waals surface area contributed by atoms with Gasteiger partial charge in [-0.05, 0) is 50.6 Å². The van der Waals surface area contributed by atoms with Crippen molar-refractivity contribution in [1.82, 2.24) is 20.9 Å². The lowest BCUT2D eigenvalue weighted by molar-refractivity contribution is -0.121. The number of nitrogens with one attached hydrogen (secondary N) is 3. The van der Waals surface area contributed by atoms with Crippen molar-refractivity contribution in [2.24, 2.45) is 4.99 Å². The van der Waals surface area contributed by atoms with Gasteiger partial charge < -0.3 is 20.7 Å². The maximum absolute atomic E-state index is 12.9. The molecule has 0 atom stereocenters. The highest BCUT2D eigenvalue weighted by Crippen LogP contribution is 2.19. The van der Waals surface area contributed by atoms with Crippen LogP contribution in [0.1, 0.15) is 26.3 Å². The first kappa shape index (κ1) is 24.6. The van der Waals surface area contributed by atoms with Crippen molar-refractivity contribution in [1.29, 1.82) is 0 Å². The van der Waals surface area contributed by atoms with Gasteiger partial charge in [0.25, 0.3) is 0 Å². The van der Waals surface area contributed by atoms with Crippen molar-refractivity contribution in [2.75, 3.05) is 13.6 Å². The topological polar surface area (TPSA) is 87.6 Å². The first-order chi connectivity index (χ1) is 13.2. The average molecular weight is 515 g/mol. The summed E-state index contributed by atoms with van der Waals surface area (Å²) in [5.41, 5.74) is 0.632. The van der Waals surface area contributed by atoms with Crippen LogP contribution >= 0.6 is 24.0 Å². The highest BCUT2D eigenvalue weighted by atomic mass is 127. The SMILES string of the molecule is CN=C(NCC(=O)NC(C)(C)C)NCc1ccc(Oc2ccc(F)cc2)nc1.I. The number of hydrogen-bond acceptors (Lipinski definition) is 4. The molecular formula is C20H27FIN5O2. The molecule has 1 amide bonds. The lowest BCUT2D eigenvalue weighted by Crippen LogP contribution is -2.48. The monoisotopic (exact) mass is 515 g/mol. The van der Waals surface area contributed by atoms with E-state index in [4.69, 9.17) is 4.74 Å². The van der Waals surface area contributed by atoms with Gasteiger partial charge in [0.2, 0.25) is 11.8 Å². The van der Waals surface area contributed by atoms with Crippen LogP contribution in [0, 0.1) is 5.82 Å². The van der Waals surface area contributed by atoms with Crippen LogP contribution in [-0.4, -0.2) is 36.0 Å². The van der Waals surface area contributed by atoms with Crippen molar-refractivity contribution in [3.63, 3.8) is 0 Å². The Hall–Kier alpha value is -2.43. The Bertz CT molecular complexity index is 805. The summed E-state index contributed by atoms with van der Waals surface area (Å²) in [7, 11) is 1.63. The summed E-state index contributed by atoms with van der Waals surface area (Å²) in [6.45, 7) is 6.38. The predicted octanol–water partition coefficient (Wildman–Crippen LogP) is 3.21. The quantitative estimate of drug-likeness (QED) is 0.313. The normalized spacial score (nSPS) is 11.3. The van der Waals surface area contributed by atoms with Crippen LogP contribution in [0.15, 0.2) is 47.6 Å². The second-order valence-corrected chi connectivity index (χ2v) is 7.14. The molecule has 0 saturated carbocycles. The molecule has 2 aromatic rings. The molecule has 0 fully saturated rings. The molecule has 0 unspecified atom stereocenters. The third-order valence-corrected chi connectivity index (χ3v) is 3.45. The highest BCUT2D eigenvalue weighted by Gasteiger charge is 2.13. The highest BCUT2D eigenvalue weighted by molar-refractivity contribution is 14.0. The Kier molecular flexibility index (Phi) is 9.79. The van der Waals surface area contributed by atoms with Gasteiger partial charge in [-0.15, -0.1) is 24.0 Å². The summed E-state index contributed by atoms with van der Waals surface area (Å²) in [4.78, 5) is 20.2. The van der Waals surface area contributed by atoms with Crippen molar-refractivity contribution < 1.29 is 13.9 Å². The smallest absolute Gasteiger partial charge is 0.239 e. The van der Waals surface area contributed by atoms with Gasteiger partial charge in [0.05, 0.1) is 6.54 Å². The Labute approximate surface area is 187 Å². The molecule has 0 spiro atoms. The molecule has 1 aromatic carbocycles. The molecule has 0 radical (unpaired) electrons. The van der Waals surface area contributed by atoms with Crippen LogP contribution in [0.4, 0.5) is 4.39 Å². The molecule has 29 heavy (non-hydrogen) atoms. The summed E-state index contributed by atoms with van der Waals surface area (Å²) in [5.74, 6) is 1.00. The van der Waals surface area contributed by atoms with Crippen molar-refractivity contribution in [2.45, 2.75) is 32.9 Å². The van der Waals surface area contributed by atoms with Crippen LogP contribution in [0.5, 0.6) is 11.6 Å². The van der Waals surface area contributed by atoms with Crippen LogP contribution in [0.2, 0.25) is 0 Å². The molecular weight excluding hydrogens is 488 g/mol. The number of amides is 1. The van der Waals surface area contributed by atoms with Crippen molar-refractivity contribution in [3.8, 4) is 11.6 Å². The van der Waals surface area contributed by atoms with E-state index in [1.807, 2.05) is 26.8 Å². The van der Waals surface area contributed by atoms with E-state index in [1.54, 1.807) is 19.3 Å². The molecule has 158 valence electrons. The first-order valence-corrected chi connectivity index (χ1v) is 8.89. The van der Waals surface area contributed by atoms with E-state index < -0.39 is 0 Å². The minimum atomic E-state index is -0.320. The van der Waals surface area contributed by atoms with Gasteiger partial charge in [-0.3, -0.25) is 9.79 Å². The Morgan fingerprint density at radius 1 is 1.14 bits per heavy atom. The largest absolute Gasteiger partial charge is 0.439 e. The number of benzene rings is 1. The summed E-state index contributed by atoms with van der Waals surface area (Å²) < 4.78 is 18.5. The number of nitrogens with zero attached hydrogens (tertiary/aromatic N) is 2. The van der Waals surface area contributed by atoms with E-state index in [-0.39, 0.29) is 47.8 Å². The number of hydrogen-bond donors (Lipinski definition) is 3. The molecule has 0 aliphatic rings. The molecule has 0 aliphatic heterocycles. The molecule has 1 aromatic heterocycles. The number of guanidine groups is 1. The van der Waals surface area contributed by atoms with Crippen LogP contribution < -0.4 is 20.7 Å².